The van der Waals surface area contributed by atoms with Crippen molar-refractivity contribution in [1.82, 2.24) is 4.98 Å². The van der Waals surface area contributed by atoms with Crippen molar-refractivity contribution in [3.8, 4) is 11.1 Å². The van der Waals surface area contributed by atoms with Crippen LogP contribution >= 0.6 is 0 Å². The molecule has 2 aliphatic rings. The SMILES string of the molecule is CC(C)(O)c1cc(-c2ccc(C3=NO[C@@H](C[C@](C)(C4(OCc5ccccc5)CO4)S(C)(=O)=O)C3)cc2)ccn1. The van der Waals surface area contributed by atoms with Crippen LogP contribution < -0.4 is 0 Å². The van der Waals surface area contributed by atoms with Gasteiger partial charge in [-0.15, -0.1) is 0 Å². The summed E-state index contributed by atoms with van der Waals surface area (Å²) in [5, 5.41) is 14.6. The van der Waals surface area contributed by atoms with Gasteiger partial charge in [-0.25, -0.2) is 8.42 Å². The van der Waals surface area contributed by atoms with E-state index < -0.39 is 32.1 Å². The van der Waals surface area contributed by atoms with Gasteiger partial charge in [0.15, 0.2) is 9.84 Å². The molecule has 1 saturated heterocycles. The van der Waals surface area contributed by atoms with Crippen molar-refractivity contribution in [2.75, 3.05) is 12.9 Å². The molecule has 8 nitrogen and oxygen atoms in total. The molecule has 2 aliphatic heterocycles. The van der Waals surface area contributed by atoms with Gasteiger partial charge in [-0.3, -0.25) is 4.98 Å². The second-order valence-electron chi connectivity index (χ2n) is 11.1. The molecule has 1 N–H and O–H groups in total. The Bertz CT molecular complexity index is 1460. The Morgan fingerprint density at radius 2 is 1.69 bits per heavy atom. The average Bonchev–Trinajstić information content (AvgIpc) is 3.58. The smallest absolute Gasteiger partial charge is 0.212 e. The van der Waals surface area contributed by atoms with E-state index in [1.807, 2.05) is 66.7 Å². The number of rotatable bonds is 10. The minimum absolute atomic E-state index is 0.183. The maximum atomic E-state index is 13.1. The number of hydrogen-bond donors (Lipinski definition) is 1. The molecule has 0 bridgehead atoms. The molecule has 3 atom stereocenters. The molecular weight excluding hydrogens is 516 g/mol. The van der Waals surface area contributed by atoms with Crippen LogP contribution in [0.25, 0.3) is 11.1 Å². The molecule has 0 radical (unpaired) electrons. The first-order valence-corrected chi connectivity index (χ1v) is 14.8. The first-order valence-electron chi connectivity index (χ1n) is 12.9. The molecule has 206 valence electrons. The minimum atomic E-state index is -3.59. The van der Waals surface area contributed by atoms with Gasteiger partial charge >= 0.3 is 0 Å². The van der Waals surface area contributed by atoms with E-state index in [2.05, 4.69) is 10.1 Å². The van der Waals surface area contributed by atoms with Crippen LogP contribution in [0, 0.1) is 0 Å². The number of aromatic nitrogens is 1. The highest BCUT2D eigenvalue weighted by atomic mass is 32.2. The summed E-state index contributed by atoms with van der Waals surface area (Å²) in [7, 11) is -3.59. The lowest BCUT2D eigenvalue weighted by atomic mass is 9.92. The quantitative estimate of drug-likeness (QED) is 0.367. The van der Waals surface area contributed by atoms with Crippen molar-refractivity contribution in [1.29, 1.82) is 0 Å². The minimum Gasteiger partial charge on any atom is -0.392 e. The standard InChI is InChI=1S/C30H34N2O6S/c1-28(2,33)27-16-24(14-15-31-27)22-10-12-23(13-11-22)26-17-25(38-32-26)18-29(3,39(4,34)35)30(20-37-30)36-19-21-8-6-5-7-9-21/h5-16,25,33H,17-20H2,1-4H3/t25-,29-,30?/m1/s1. The number of sulfone groups is 1. The molecule has 1 unspecified atom stereocenters. The molecule has 0 spiro atoms. The highest BCUT2D eigenvalue weighted by molar-refractivity contribution is 7.92. The molecule has 5 rings (SSSR count). The van der Waals surface area contributed by atoms with Crippen LogP contribution in [-0.2, 0) is 36.4 Å². The van der Waals surface area contributed by atoms with Gasteiger partial charge < -0.3 is 19.4 Å². The number of oxime groups is 1. The average molecular weight is 551 g/mol. The zero-order chi connectivity index (χ0) is 27.9. The maximum absolute atomic E-state index is 13.1. The Labute approximate surface area is 229 Å². The van der Waals surface area contributed by atoms with Gasteiger partial charge in [0.1, 0.15) is 23.1 Å². The first-order chi connectivity index (χ1) is 18.4. The highest BCUT2D eigenvalue weighted by Gasteiger charge is 2.66. The summed E-state index contributed by atoms with van der Waals surface area (Å²) in [5.74, 6) is -1.23. The monoisotopic (exact) mass is 550 g/mol. The molecule has 0 amide bonds. The van der Waals surface area contributed by atoms with E-state index in [-0.39, 0.29) is 19.6 Å². The van der Waals surface area contributed by atoms with Gasteiger partial charge in [0.25, 0.3) is 0 Å². The van der Waals surface area contributed by atoms with Crippen LogP contribution in [0.3, 0.4) is 0 Å². The fourth-order valence-corrected chi connectivity index (χ4v) is 6.14. The van der Waals surface area contributed by atoms with Crippen molar-refractivity contribution < 1.29 is 27.8 Å². The summed E-state index contributed by atoms with van der Waals surface area (Å²) in [6, 6.07) is 21.3. The second kappa shape index (κ2) is 10.1. The van der Waals surface area contributed by atoms with Gasteiger partial charge in [-0.2, -0.15) is 0 Å². The van der Waals surface area contributed by atoms with Crippen molar-refractivity contribution in [2.45, 2.75) is 62.5 Å². The summed E-state index contributed by atoms with van der Waals surface area (Å²) < 4.78 is 36.7. The Hall–Kier alpha value is -3.11. The molecule has 9 heteroatoms. The molecule has 0 saturated carbocycles. The van der Waals surface area contributed by atoms with Gasteiger partial charge in [0, 0.05) is 25.3 Å². The van der Waals surface area contributed by atoms with Crippen LogP contribution in [0.4, 0.5) is 0 Å². The number of aliphatic hydroxyl groups is 1. The maximum Gasteiger partial charge on any atom is 0.212 e. The molecular formula is C30H34N2O6S. The largest absolute Gasteiger partial charge is 0.392 e. The Morgan fingerprint density at radius 1 is 1.03 bits per heavy atom. The van der Waals surface area contributed by atoms with E-state index in [1.165, 1.54) is 6.26 Å². The van der Waals surface area contributed by atoms with Gasteiger partial charge in [0.05, 0.1) is 18.0 Å². The number of ether oxygens (including phenoxy) is 2. The van der Waals surface area contributed by atoms with Gasteiger partial charge in [-0.1, -0.05) is 59.8 Å². The van der Waals surface area contributed by atoms with Crippen LogP contribution in [0.2, 0.25) is 0 Å². The van der Waals surface area contributed by atoms with E-state index in [0.717, 1.165) is 28.0 Å². The summed E-state index contributed by atoms with van der Waals surface area (Å²) in [6.07, 6.45) is 3.13. The molecule has 1 fully saturated rings. The van der Waals surface area contributed by atoms with Crippen molar-refractivity contribution in [3.63, 3.8) is 0 Å². The van der Waals surface area contributed by atoms with Crippen LogP contribution in [0.5, 0.6) is 0 Å². The van der Waals surface area contributed by atoms with E-state index >= 15 is 0 Å². The zero-order valence-corrected chi connectivity index (χ0v) is 23.4. The molecule has 3 heterocycles. The van der Waals surface area contributed by atoms with Crippen molar-refractivity contribution >= 4 is 15.5 Å². The third-order valence-electron chi connectivity index (χ3n) is 7.63. The van der Waals surface area contributed by atoms with Crippen LogP contribution in [0.1, 0.15) is 50.4 Å². The van der Waals surface area contributed by atoms with E-state index in [0.29, 0.717) is 12.1 Å². The fourth-order valence-electron chi connectivity index (χ4n) is 4.91. The van der Waals surface area contributed by atoms with Crippen molar-refractivity contribution in [2.24, 2.45) is 5.16 Å². The third kappa shape index (κ3) is 5.63. The molecule has 2 aromatic carbocycles. The molecule has 0 aliphatic carbocycles. The Kier molecular flexibility index (Phi) is 7.13. The van der Waals surface area contributed by atoms with Gasteiger partial charge in [-0.05, 0) is 55.2 Å². The highest BCUT2D eigenvalue weighted by Crippen LogP contribution is 2.48. The molecule has 39 heavy (non-hydrogen) atoms. The molecule has 1 aromatic heterocycles. The summed E-state index contributed by atoms with van der Waals surface area (Å²) in [4.78, 5) is 10.0. The number of pyridine rings is 1. The predicted octanol–water partition coefficient (Wildman–Crippen LogP) is 4.61. The number of nitrogens with zero attached hydrogens (tertiary/aromatic N) is 2. The lowest BCUT2D eigenvalue weighted by molar-refractivity contribution is -0.0885. The second-order valence-corrected chi connectivity index (χ2v) is 13.5. The van der Waals surface area contributed by atoms with Crippen LogP contribution in [-0.4, -0.2) is 53.7 Å². The third-order valence-corrected chi connectivity index (χ3v) is 9.75. The van der Waals surface area contributed by atoms with Crippen LogP contribution in [0.15, 0.2) is 78.1 Å². The Balaban J connectivity index is 1.27. The number of hydrogen-bond acceptors (Lipinski definition) is 8. The number of epoxide rings is 1. The first kappa shape index (κ1) is 27.5. The normalized spacial score (nSPS) is 22.6. The van der Waals surface area contributed by atoms with E-state index in [4.69, 9.17) is 14.3 Å². The summed E-state index contributed by atoms with van der Waals surface area (Å²) in [6.45, 7) is 5.54. The lowest BCUT2D eigenvalue weighted by Crippen LogP contribution is -2.52. The van der Waals surface area contributed by atoms with E-state index in [9.17, 15) is 13.5 Å². The van der Waals surface area contributed by atoms with Crippen molar-refractivity contribution in [3.05, 3.63) is 89.7 Å². The summed E-state index contributed by atoms with van der Waals surface area (Å²) in [5.41, 5.74) is 4.10. The lowest BCUT2D eigenvalue weighted by Gasteiger charge is -2.34. The summed E-state index contributed by atoms with van der Waals surface area (Å²) >= 11 is 0. The predicted molar refractivity (Wildman–Crippen MR) is 149 cm³/mol. The fraction of sp³-hybridized carbons (Fsp3) is 0.400. The number of benzene rings is 2. The zero-order valence-electron chi connectivity index (χ0n) is 22.6. The Morgan fingerprint density at radius 3 is 2.31 bits per heavy atom. The van der Waals surface area contributed by atoms with Gasteiger partial charge in [0.2, 0.25) is 5.79 Å². The molecule has 3 aromatic rings. The van der Waals surface area contributed by atoms with E-state index in [1.54, 1.807) is 27.0 Å². The topological polar surface area (TPSA) is 111 Å².